The molecule has 6 aromatic carbocycles. The molecule has 10 aliphatic rings. The second kappa shape index (κ2) is 49.2. The number of aromatic nitrogens is 6. The predicted octanol–water partition coefficient (Wildman–Crippen LogP) is 19.7. The number of aryl methyl sites for hydroxylation is 3. The van der Waals surface area contributed by atoms with E-state index in [0.29, 0.717) is 94.4 Å². The topological polar surface area (TPSA) is 324 Å². The quantitative estimate of drug-likeness (QED) is 0.0736. The summed E-state index contributed by atoms with van der Waals surface area (Å²) in [7, 11) is 4.85. The molecule has 19 rings (SSSR count). The van der Waals surface area contributed by atoms with Crippen molar-refractivity contribution in [1.29, 1.82) is 0 Å². The average Bonchev–Trinajstić information content (AvgIpc) is 1.61. The molecule has 6 aliphatic heterocycles. The van der Waals surface area contributed by atoms with Gasteiger partial charge in [0.15, 0.2) is 0 Å². The van der Waals surface area contributed by atoms with Gasteiger partial charge in [0.05, 0.1) is 111 Å². The molecule has 30 heteroatoms. The van der Waals surface area contributed by atoms with Crippen LogP contribution in [0.2, 0.25) is 0 Å². The van der Waals surface area contributed by atoms with E-state index < -0.39 is 93.8 Å². The van der Waals surface area contributed by atoms with E-state index >= 15 is 0 Å². The molecule has 9 heterocycles. The van der Waals surface area contributed by atoms with Crippen molar-refractivity contribution in [3.8, 4) is 34.9 Å². The van der Waals surface area contributed by atoms with Crippen molar-refractivity contribution in [3.63, 3.8) is 0 Å². The molecule has 0 spiro atoms. The Morgan fingerprint density at radius 1 is 0.354 bits per heavy atom. The fourth-order valence-corrected chi connectivity index (χ4v) is 24.8. The molecule has 7 fully saturated rings. The van der Waals surface area contributed by atoms with Gasteiger partial charge in [-0.15, -0.1) is 0 Å². The van der Waals surface area contributed by atoms with Gasteiger partial charge in [0.2, 0.25) is 35.4 Å². The van der Waals surface area contributed by atoms with Gasteiger partial charge in [-0.05, 0) is 221 Å². The van der Waals surface area contributed by atoms with Crippen molar-refractivity contribution >= 4 is 87.6 Å². The van der Waals surface area contributed by atoms with Crippen LogP contribution in [0.5, 0.6) is 34.9 Å². The molecule has 781 valence electrons. The summed E-state index contributed by atoms with van der Waals surface area (Å²) in [5.41, 5.74) is 6.82. The van der Waals surface area contributed by atoms with Crippen LogP contribution in [0, 0.1) is 63.6 Å². The Labute approximate surface area is 900 Å². The van der Waals surface area contributed by atoms with Gasteiger partial charge in [-0.2, -0.15) is 0 Å². The molecule has 20 atom stereocenters. The number of hydrogen-bond acceptors (Lipinski definition) is 24. The number of methoxy groups -OCH3 is 3. The van der Waals surface area contributed by atoms with Gasteiger partial charge >= 0.3 is 17.9 Å². The minimum absolute atomic E-state index is 0. The fourth-order valence-electron chi connectivity index (χ4n) is 24.8. The molecule has 147 heavy (non-hydrogen) atoms. The molecule has 3 aromatic heterocycles. The van der Waals surface area contributed by atoms with Gasteiger partial charge in [-0.25, -0.2) is 48.8 Å². The monoisotopic (exact) mass is 2110 g/mol. The third-order valence-corrected chi connectivity index (χ3v) is 32.8. The Hall–Kier alpha value is -10.3. The summed E-state index contributed by atoms with van der Waals surface area (Å²) in [5, 5.41) is 0. The molecule has 0 N–H and O–H groups in total. The van der Waals surface area contributed by atoms with Crippen molar-refractivity contribution in [2.45, 2.75) is 315 Å². The Morgan fingerprint density at radius 3 is 1.09 bits per heavy atom. The van der Waals surface area contributed by atoms with Crippen LogP contribution in [0.25, 0.3) is 33.1 Å². The zero-order chi connectivity index (χ0) is 101. The summed E-state index contributed by atoms with van der Waals surface area (Å²) in [6.45, 7) is 20.1. The van der Waals surface area contributed by atoms with E-state index in [1.807, 2.05) is 208 Å². The van der Waals surface area contributed by atoms with E-state index in [1.54, 1.807) is 36.0 Å². The number of carbonyl (C=O) groups is 6. The van der Waals surface area contributed by atoms with Gasteiger partial charge in [-0.3, -0.25) is 28.8 Å². The third-order valence-electron chi connectivity index (χ3n) is 32.8. The molecule has 4 aliphatic carbocycles. The number of rotatable bonds is 9. The number of benzene rings is 6. The molecular formula is C117H142N9O18V3-3. The standard InChI is InChI=1S/C40H48N3O6.C39H48N3O6.C38H46N3O6.3V/c1-40(2,3)29-21-35(45)49-37-26-16-15-25(19-26)28(37)13-9-6-10-14-31-38(42-32-20-27(47-4)17-18-30(32)41-31)48-34-22-43(39(29)46)33(23-44)36(34)24-11-7-5-8-12-24;1-38(2,3)28-22-34(44)48-39(4)20-12-16-26(39)15-10-7-11-17-30-36(41-31-21-27(46-5)18-19-29(31)40-30)47-33-23-42(37(28)45)32(24-43)35(33)25-13-8-6-9-14-25;1-38(2,3)27-21-34(43)46-32-17-11-15-24(32)12-7-6-10-16-29-36(40-30-20-26(45-4)18-19-28(30)39-29)47-33-22-41(37(27)44)31(23-42)35(33)25-13-8-5-9-14-25;;;/h5,7-8,11-12,17-18,20,25-26,28-29,33-34,36-37H,6,9-10,13-16,19,21-22H2,1-4H3;6,8-9,13-14,18-19,21,26,28,32-33,35H,7,10-12,15-17,20,22-23H2,1-5H3;5,8-9,13-14,18-20,24,27,31-33,35H,6-7,10-12,15-17,21-22H2,1-4H3;;;/q3*-1;;;/t25-,26+,28-,29-,33-,34+,36+,37-;26-,28-,32-,33+,35+,39-;24-,27-,31-,32-,33+,35+;;;/m111.../s1. The van der Waals surface area contributed by atoms with Gasteiger partial charge in [0.1, 0.15) is 70.5 Å². The van der Waals surface area contributed by atoms with Gasteiger partial charge in [0, 0.05) is 91.6 Å². The van der Waals surface area contributed by atoms with E-state index in [4.69, 9.17) is 72.5 Å². The molecule has 0 unspecified atom stereocenters. The minimum Gasteiger partial charge on any atom is -0.540 e. The van der Waals surface area contributed by atoms with Crippen molar-refractivity contribution in [3.05, 3.63) is 179 Å². The van der Waals surface area contributed by atoms with Crippen LogP contribution in [-0.4, -0.2) is 194 Å². The largest absolute Gasteiger partial charge is 0.540 e. The number of amides is 3. The Kier molecular flexibility index (Phi) is 37.6. The maximum absolute atomic E-state index is 14.6. The van der Waals surface area contributed by atoms with Crippen molar-refractivity contribution in [2.75, 3.05) is 41.0 Å². The molecule has 3 amide bonds. The van der Waals surface area contributed by atoms with Crippen LogP contribution in [0.1, 0.15) is 275 Å². The first-order valence-electron chi connectivity index (χ1n) is 52.6. The van der Waals surface area contributed by atoms with Gasteiger partial charge in [-0.1, -0.05) is 210 Å². The minimum atomic E-state index is -0.915. The fraction of sp³-hybridized carbons (Fsp3) is 0.564. The number of fused-ring (bicyclic) bond motifs is 19. The zero-order valence-corrected chi connectivity index (χ0v) is 91.4. The first kappa shape index (κ1) is 112. The van der Waals surface area contributed by atoms with E-state index in [2.05, 4.69) is 25.8 Å². The van der Waals surface area contributed by atoms with Crippen molar-refractivity contribution in [1.82, 2.24) is 44.6 Å². The molecule has 4 saturated carbocycles. The molecule has 8 bridgehead atoms. The summed E-state index contributed by atoms with van der Waals surface area (Å²) in [5.74, 6) is -0.225. The maximum atomic E-state index is 14.6. The maximum Gasteiger partial charge on any atom is 0.307 e. The SMILES string of the molecule is COc1ccc2nc3c(nc2c1)O[C@H]1CN(C(=O)[C@H](C(C)(C)C)CC(=O)O[C@@H]2CCC[C@H]2CCCCC3)[C@H]([C-]=O)[C@@H]1c1ccccc1.COc1ccc2nc3c(nc2c1)O[C@H]1CN(C(=O)[C@H](C(C)(C)C)CC(=O)O[C@@H]2[C@H]4CC[C@H](C4)[C@H]2CCCCC3)[C@H]([C-]=O)[C@@H]1c1ccccc1.COc1ccc2nc3c(nc2c1)O[C@H]1CN(C(=O)[C@H](C(C)(C)C)CC(=O)O[C@]2(C)CCC[C@H]2CCCCC3)[C@H]([C-]=O)[C@@H]1c1ccccc1.[V].[V].[V]. The van der Waals surface area contributed by atoms with E-state index in [0.717, 1.165) is 179 Å². The van der Waals surface area contributed by atoms with Crippen LogP contribution < -0.4 is 28.4 Å². The second-order valence-electron chi connectivity index (χ2n) is 45.1. The number of carbonyl (C=O) groups excluding carboxylic acids is 9. The van der Waals surface area contributed by atoms with Crippen molar-refractivity contribution in [2.24, 2.45) is 63.6 Å². The third kappa shape index (κ3) is 25.6. The van der Waals surface area contributed by atoms with Crippen LogP contribution in [0.3, 0.4) is 0 Å². The molecule has 3 saturated heterocycles. The van der Waals surface area contributed by atoms with Gasteiger partial charge < -0.3 is 71.7 Å². The number of nitrogens with zero attached hydrogens (tertiary/aromatic N) is 9. The summed E-state index contributed by atoms with van der Waals surface area (Å²) in [4.78, 5) is 158. The number of esters is 3. The zero-order valence-electron chi connectivity index (χ0n) is 87.3. The smallest absolute Gasteiger partial charge is 0.307 e. The average molecular weight is 2120 g/mol. The Bertz CT molecular complexity index is 6090. The van der Waals surface area contributed by atoms with Crippen LogP contribution in [0.15, 0.2) is 146 Å². The van der Waals surface area contributed by atoms with Gasteiger partial charge in [0.25, 0.3) is 0 Å². The first-order chi connectivity index (χ1) is 69.3. The van der Waals surface area contributed by atoms with Crippen LogP contribution in [0.4, 0.5) is 0 Å². The first-order valence-corrected chi connectivity index (χ1v) is 52.6. The summed E-state index contributed by atoms with van der Waals surface area (Å²) >= 11 is 0. The van der Waals surface area contributed by atoms with E-state index in [1.165, 1.54) is 6.42 Å². The van der Waals surface area contributed by atoms with Crippen molar-refractivity contribution < 1.29 is 141 Å². The van der Waals surface area contributed by atoms with E-state index in [9.17, 15) is 43.2 Å². The van der Waals surface area contributed by atoms with E-state index in [-0.39, 0.29) is 148 Å². The summed E-state index contributed by atoms with van der Waals surface area (Å²) < 4.78 is 55.4. The summed E-state index contributed by atoms with van der Waals surface area (Å²) in [6, 6.07) is 43.1. The van der Waals surface area contributed by atoms with Crippen LogP contribution in [-0.2, 0) is 132 Å². The second-order valence-corrected chi connectivity index (χ2v) is 45.1. The number of hydrogen-bond donors (Lipinski definition) is 0. The summed E-state index contributed by atoms with van der Waals surface area (Å²) in [6.07, 6.45) is 27.5. The molecular weight excluding hydrogens is 1970 g/mol. The van der Waals surface area contributed by atoms with Crippen LogP contribution >= 0.6 is 0 Å². The molecule has 9 aromatic rings. The normalized spacial score (nSPS) is 28.6. The number of ether oxygens (including phenoxy) is 9. The Balaban J connectivity index is 0.000000172. The molecule has 27 nitrogen and oxygen atoms in total. The predicted molar refractivity (Wildman–Crippen MR) is 545 cm³/mol. The molecule has 3 radical (unpaired) electrons. The Morgan fingerprint density at radius 2 is 0.707 bits per heavy atom.